The Hall–Kier alpha value is -1.10. The molecular weight excluding hydrogens is 302 g/mol. The first-order valence-corrected chi connectivity index (χ1v) is 9.61. The van der Waals surface area contributed by atoms with Gasteiger partial charge >= 0.3 is 11.8 Å². The number of hydrogen-bond donors (Lipinski definition) is 2. The van der Waals surface area contributed by atoms with Crippen LogP contribution in [0.25, 0.3) is 0 Å². The molecule has 0 aliphatic heterocycles. The number of hydrogen-bond acceptors (Lipinski definition) is 3. The van der Waals surface area contributed by atoms with Gasteiger partial charge in [0.25, 0.3) is 0 Å². The minimum absolute atomic E-state index is 0.103. The van der Waals surface area contributed by atoms with E-state index in [1.165, 1.54) is 38.5 Å². The fourth-order valence-electron chi connectivity index (χ4n) is 5.80. The van der Waals surface area contributed by atoms with E-state index in [9.17, 15) is 9.59 Å². The van der Waals surface area contributed by atoms with E-state index in [1.54, 1.807) is 0 Å². The number of nitrogens with zero attached hydrogens (tertiary/aromatic N) is 1. The average molecular weight is 335 g/mol. The van der Waals surface area contributed by atoms with Gasteiger partial charge in [0.15, 0.2) is 0 Å². The quantitative estimate of drug-likeness (QED) is 0.574. The van der Waals surface area contributed by atoms with Gasteiger partial charge in [0.2, 0.25) is 0 Å². The lowest BCUT2D eigenvalue weighted by atomic mass is 9.48. The molecular formula is C19H33N3O2. The second-order valence-electron chi connectivity index (χ2n) is 8.89. The van der Waals surface area contributed by atoms with Crippen LogP contribution in [-0.4, -0.2) is 49.9 Å². The zero-order valence-electron chi connectivity index (χ0n) is 15.4. The van der Waals surface area contributed by atoms with Gasteiger partial charge in [0, 0.05) is 12.6 Å². The summed E-state index contributed by atoms with van der Waals surface area (Å²) in [6.07, 6.45) is 8.77. The van der Waals surface area contributed by atoms with Crippen LogP contribution in [-0.2, 0) is 9.59 Å². The Morgan fingerprint density at radius 1 is 1.04 bits per heavy atom. The summed E-state index contributed by atoms with van der Waals surface area (Å²) in [5, 5.41) is 5.76. The first kappa shape index (κ1) is 17.7. The predicted octanol–water partition coefficient (Wildman–Crippen LogP) is 1.78. The van der Waals surface area contributed by atoms with Gasteiger partial charge in [-0.3, -0.25) is 9.59 Å². The van der Waals surface area contributed by atoms with Crippen LogP contribution < -0.4 is 10.6 Å². The van der Waals surface area contributed by atoms with Gasteiger partial charge in [-0.2, -0.15) is 0 Å². The SMILES string of the molecule is CC(NC(=O)C(=O)NCCCN(C)C)C12CC3CC(CC(C3)C1)C2. The molecule has 0 aromatic rings. The largest absolute Gasteiger partial charge is 0.348 e. The van der Waals surface area contributed by atoms with Gasteiger partial charge in [-0.15, -0.1) is 0 Å². The molecule has 24 heavy (non-hydrogen) atoms. The molecule has 2 N–H and O–H groups in total. The van der Waals surface area contributed by atoms with Crippen molar-refractivity contribution in [1.29, 1.82) is 0 Å². The Labute approximate surface area is 145 Å². The Bertz CT molecular complexity index is 454. The molecule has 136 valence electrons. The van der Waals surface area contributed by atoms with Gasteiger partial charge in [-0.25, -0.2) is 0 Å². The zero-order valence-corrected chi connectivity index (χ0v) is 15.4. The third-order valence-corrected chi connectivity index (χ3v) is 6.63. The smallest absolute Gasteiger partial charge is 0.309 e. The highest BCUT2D eigenvalue weighted by atomic mass is 16.2. The van der Waals surface area contributed by atoms with Crippen LogP contribution in [0.4, 0.5) is 0 Å². The highest BCUT2D eigenvalue weighted by Crippen LogP contribution is 2.61. The highest BCUT2D eigenvalue weighted by Gasteiger charge is 2.53. The van der Waals surface area contributed by atoms with Gasteiger partial charge in [-0.1, -0.05) is 0 Å². The van der Waals surface area contributed by atoms with E-state index in [1.807, 2.05) is 14.1 Å². The molecule has 4 fully saturated rings. The van der Waals surface area contributed by atoms with Gasteiger partial charge in [0.1, 0.15) is 0 Å². The molecule has 1 unspecified atom stereocenters. The van der Waals surface area contributed by atoms with Crippen molar-refractivity contribution in [3.8, 4) is 0 Å². The van der Waals surface area contributed by atoms with Crippen LogP contribution in [0, 0.1) is 23.2 Å². The molecule has 0 saturated heterocycles. The fourth-order valence-corrected chi connectivity index (χ4v) is 5.80. The van der Waals surface area contributed by atoms with E-state index in [2.05, 4.69) is 22.5 Å². The third kappa shape index (κ3) is 3.76. The normalized spacial score (nSPS) is 35.1. The van der Waals surface area contributed by atoms with Crippen molar-refractivity contribution in [3.63, 3.8) is 0 Å². The molecule has 2 amide bonds. The Kier molecular flexibility index (Phi) is 5.19. The second kappa shape index (κ2) is 7.03. The van der Waals surface area contributed by atoms with E-state index in [4.69, 9.17) is 0 Å². The van der Waals surface area contributed by atoms with Crippen LogP contribution in [0.15, 0.2) is 0 Å². The summed E-state index contributed by atoms with van der Waals surface area (Å²) in [4.78, 5) is 26.3. The van der Waals surface area contributed by atoms with E-state index >= 15 is 0 Å². The molecule has 5 nitrogen and oxygen atoms in total. The Morgan fingerprint density at radius 3 is 2.08 bits per heavy atom. The van der Waals surface area contributed by atoms with Crippen molar-refractivity contribution in [3.05, 3.63) is 0 Å². The summed E-state index contributed by atoms with van der Waals surface area (Å²) < 4.78 is 0. The molecule has 4 aliphatic carbocycles. The topological polar surface area (TPSA) is 61.4 Å². The molecule has 4 rings (SSSR count). The number of amides is 2. The van der Waals surface area contributed by atoms with Crippen LogP contribution in [0.3, 0.4) is 0 Å². The maximum Gasteiger partial charge on any atom is 0.309 e. The highest BCUT2D eigenvalue weighted by molar-refractivity contribution is 6.35. The maximum atomic E-state index is 12.2. The lowest BCUT2D eigenvalue weighted by molar-refractivity contribution is -0.141. The molecule has 0 aromatic heterocycles. The Morgan fingerprint density at radius 2 is 1.58 bits per heavy atom. The first-order chi connectivity index (χ1) is 11.4. The van der Waals surface area contributed by atoms with Crippen molar-refractivity contribution in [1.82, 2.24) is 15.5 Å². The van der Waals surface area contributed by atoms with E-state index < -0.39 is 11.8 Å². The van der Waals surface area contributed by atoms with Crippen molar-refractivity contribution in [2.45, 2.75) is 57.9 Å². The van der Waals surface area contributed by atoms with E-state index in [0.717, 1.165) is 30.7 Å². The van der Waals surface area contributed by atoms with Crippen molar-refractivity contribution >= 4 is 11.8 Å². The Balaban J connectivity index is 1.48. The lowest BCUT2D eigenvalue weighted by Crippen LogP contribution is -2.57. The molecule has 0 aromatic carbocycles. The van der Waals surface area contributed by atoms with Crippen LogP contribution in [0.1, 0.15) is 51.9 Å². The van der Waals surface area contributed by atoms with Crippen molar-refractivity contribution in [2.75, 3.05) is 27.2 Å². The molecule has 4 aliphatic rings. The van der Waals surface area contributed by atoms with Crippen molar-refractivity contribution < 1.29 is 9.59 Å². The summed E-state index contributed by atoms with van der Waals surface area (Å²) in [6.45, 7) is 3.58. The van der Waals surface area contributed by atoms with Gasteiger partial charge in [-0.05, 0) is 95.7 Å². The number of carbonyl (C=O) groups is 2. The second-order valence-corrected chi connectivity index (χ2v) is 8.89. The summed E-state index contributed by atoms with van der Waals surface area (Å²) in [6, 6.07) is 0.103. The van der Waals surface area contributed by atoms with Gasteiger partial charge in [0.05, 0.1) is 0 Å². The standard InChI is InChI=1S/C19H33N3O2/c1-13(21-18(24)17(23)20-5-4-6-22(2)3)19-10-14-7-15(11-19)9-16(8-14)12-19/h13-16H,4-12H2,1-3H3,(H,20,23)(H,21,24). The number of rotatable bonds is 6. The molecule has 1 atom stereocenters. The van der Waals surface area contributed by atoms with E-state index in [-0.39, 0.29) is 11.5 Å². The maximum absolute atomic E-state index is 12.2. The summed E-state index contributed by atoms with van der Waals surface area (Å²) in [5.41, 5.74) is 0.246. The van der Waals surface area contributed by atoms with Crippen LogP contribution in [0.5, 0.6) is 0 Å². The minimum Gasteiger partial charge on any atom is -0.348 e. The molecule has 5 heteroatoms. The number of nitrogens with one attached hydrogen (secondary N) is 2. The predicted molar refractivity (Wildman–Crippen MR) is 94.4 cm³/mol. The minimum atomic E-state index is -0.481. The number of carbonyl (C=O) groups excluding carboxylic acids is 2. The first-order valence-electron chi connectivity index (χ1n) is 9.61. The molecule has 0 heterocycles. The lowest BCUT2D eigenvalue weighted by Gasteiger charge is -2.59. The molecule has 4 saturated carbocycles. The monoisotopic (exact) mass is 335 g/mol. The van der Waals surface area contributed by atoms with Crippen LogP contribution >= 0.6 is 0 Å². The van der Waals surface area contributed by atoms with Crippen LogP contribution in [0.2, 0.25) is 0 Å². The summed E-state index contributed by atoms with van der Waals surface area (Å²) >= 11 is 0. The molecule has 0 spiro atoms. The third-order valence-electron chi connectivity index (χ3n) is 6.63. The van der Waals surface area contributed by atoms with Gasteiger partial charge < -0.3 is 15.5 Å². The molecule has 0 radical (unpaired) electrons. The zero-order chi connectivity index (χ0) is 17.3. The average Bonchev–Trinajstić information content (AvgIpc) is 2.49. The van der Waals surface area contributed by atoms with Crippen molar-refractivity contribution in [2.24, 2.45) is 23.2 Å². The summed E-state index contributed by atoms with van der Waals surface area (Å²) in [7, 11) is 4.00. The molecule has 4 bridgehead atoms. The van der Waals surface area contributed by atoms with E-state index in [0.29, 0.717) is 6.54 Å². The summed E-state index contributed by atoms with van der Waals surface area (Å²) in [5.74, 6) is 1.63. The fraction of sp³-hybridized carbons (Fsp3) is 0.895.